The molecule has 0 fully saturated rings. The third-order valence-electron chi connectivity index (χ3n) is 3.66. The van der Waals surface area contributed by atoms with Crippen LogP contribution in [0.4, 0.5) is 0 Å². The molecule has 5 heteroatoms. The fraction of sp³-hybridized carbons (Fsp3) is 0.647. The Morgan fingerprint density at radius 1 is 1.05 bits per heavy atom. The molecule has 0 bridgehead atoms. The van der Waals surface area contributed by atoms with Gasteiger partial charge in [-0.3, -0.25) is 5.84 Å². The van der Waals surface area contributed by atoms with Gasteiger partial charge in [-0.05, 0) is 24.1 Å². The van der Waals surface area contributed by atoms with Gasteiger partial charge in [0, 0.05) is 0 Å². The van der Waals surface area contributed by atoms with Crippen LogP contribution >= 0.6 is 0 Å². The van der Waals surface area contributed by atoms with Gasteiger partial charge in [0.15, 0.2) is 0 Å². The zero-order valence-electron chi connectivity index (χ0n) is 13.8. The number of benzene rings is 1. The summed E-state index contributed by atoms with van der Waals surface area (Å²) in [5.41, 5.74) is 9.29. The highest BCUT2D eigenvalue weighted by atomic mass is 16.5. The maximum Gasteiger partial charge on any atom is 0.119 e. The molecule has 1 atom stereocenters. The Kier molecular flexibility index (Phi) is 12.8. The molecule has 1 aromatic rings. The predicted octanol–water partition coefficient (Wildman–Crippen LogP) is 2.80. The van der Waals surface area contributed by atoms with E-state index in [1.807, 2.05) is 24.3 Å². The third-order valence-corrected chi connectivity index (χ3v) is 3.66. The van der Waals surface area contributed by atoms with Gasteiger partial charge in [0.25, 0.3) is 0 Å². The number of unbranched alkanes of at least 4 members (excludes halogenated alkanes) is 7. The van der Waals surface area contributed by atoms with Crippen molar-refractivity contribution >= 4 is 0 Å². The Bertz CT molecular complexity index is 375. The van der Waals surface area contributed by atoms with Crippen molar-refractivity contribution in [2.45, 2.75) is 64.5 Å². The lowest BCUT2D eigenvalue weighted by atomic mass is 10.1. The van der Waals surface area contributed by atoms with E-state index in [1.165, 1.54) is 44.9 Å². The molecule has 7 N–H and O–H groups in total. The molecule has 0 amide bonds. The topological polar surface area (TPSA) is 105 Å². The maximum atomic E-state index is 5.82. The fourth-order valence-electron chi connectivity index (χ4n) is 2.32. The quantitative estimate of drug-likeness (QED) is 0.239. The SMILES string of the molecule is CCCCCCCCCCOc1cccc(C(N)NN)c1.O. The van der Waals surface area contributed by atoms with E-state index in [1.54, 1.807) is 0 Å². The summed E-state index contributed by atoms with van der Waals surface area (Å²) in [6.45, 7) is 3.02. The van der Waals surface area contributed by atoms with E-state index in [-0.39, 0.29) is 11.6 Å². The normalized spacial score (nSPS) is 11.8. The summed E-state index contributed by atoms with van der Waals surface area (Å²) in [6.07, 6.45) is 10.1. The number of hydrazine groups is 1. The average Bonchev–Trinajstić information content (AvgIpc) is 2.53. The van der Waals surface area contributed by atoms with Gasteiger partial charge in [-0.25, -0.2) is 5.43 Å². The van der Waals surface area contributed by atoms with Crippen molar-refractivity contribution < 1.29 is 10.2 Å². The fourth-order valence-corrected chi connectivity index (χ4v) is 2.32. The molecular formula is C17H33N3O2. The Morgan fingerprint density at radius 3 is 2.32 bits per heavy atom. The number of nitrogens with one attached hydrogen (secondary N) is 1. The minimum atomic E-state index is -0.350. The molecule has 0 aliphatic rings. The molecule has 1 aromatic carbocycles. The van der Waals surface area contributed by atoms with Gasteiger partial charge in [-0.2, -0.15) is 0 Å². The molecule has 0 saturated heterocycles. The summed E-state index contributed by atoms with van der Waals surface area (Å²) in [6, 6.07) is 7.77. The zero-order chi connectivity index (χ0) is 15.3. The van der Waals surface area contributed by atoms with Crippen molar-refractivity contribution in [3.63, 3.8) is 0 Å². The second kappa shape index (κ2) is 13.5. The van der Waals surface area contributed by atoms with Crippen LogP contribution in [0.5, 0.6) is 5.75 Å². The van der Waals surface area contributed by atoms with Crippen molar-refractivity contribution in [1.82, 2.24) is 5.43 Å². The van der Waals surface area contributed by atoms with Gasteiger partial charge >= 0.3 is 0 Å². The number of hydrogen-bond acceptors (Lipinski definition) is 4. The smallest absolute Gasteiger partial charge is 0.119 e. The molecular weight excluding hydrogens is 278 g/mol. The molecule has 0 radical (unpaired) electrons. The van der Waals surface area contributed by atoms with Crippen molar-refractivity contribution in [3.8, 4) is 5.75 Å². The van der Waals surface area contributed by atoms with Crippen LogP contribution in [0.2, 0.25) is 0 Å². The van der Waals surface area contributed by atoms with Crippen LogP contribution in [0, 0.1) is 0 Å². The van der Waals surface area contributed by atoms with Crippen LogP contribution in [0.3, 0.4) is 0 Å². The molecule has 1 unspecified atom stereocenters. The Morgan fingerprint density at radius 2 is 1.68 bits per heavy atom. The van der Waals surface area contributed by atoms with Gasteiger partial charge in [-0.1, -0.05) is 64.0 Å². The zero-order valence-corrected chi connectivity index (χ0v) is 13.8. The van der Waals surface area contributed by atoms with Crippen LogP contribution in [0.1, 0.15) is 70.0 Å². The van der Waals surface area contributed by atoms with Crippen LogP contribution in [-0.4, -0.2) is 12.1 Å². The highest BCUT2D eigenvalue weighted by Gasteiger charge is 2.04. The molecule has 5 nitrogen and oxygen atoms in total. The lowest BCUT2D eigenvalue weighted by Gasteiger charge is -2.12. The lowest BCUT2D eigenvalue weighted by Crippen LogP contribution is -2.34. The minimum absolute atomic E-state index is 0. The Hall–Kier alpha value is -1.14. The number of nitrogens with two attached hydrogens (primary N) is 2. The Balaban J connectivity index is 0.00000441. The summed E-state index contributed by atoms with van der Waals surface area (Å²) < 4.78 is 5.76. The summed E-state index contributed by atoms with van der Waals surface area (Å²) in [7, 11) is 0. The van der Waals surface area contributed by atoms with E-state index < -0.39 is 0 Å². The first-order valence-corrected chi connectivity index (χ1v) is 8.22. The summed E-state index contributed by atoms with van der Waals surface area (Å²) in [4.78, 5) is 0. The molecule has 0 aliphatic heterocycles. The second-order valence-electron chi connectivity index (χ2n) is 5.54. The minimum Gasteiger partial charge on any atom is -0.494 e. The average molecular weight is 311 g/mol. The van der Waals surface area contributed by atoms with E-state index in [0.29, 0.717) is 0 Å². The molecule has 0 aliphatic carbocycles. The van der Waals surface area contributed by atoms with Crippen molar-refractivity contribution in [2.75, 3.05) is 6.61 Å². The highest BCUT2D eigenvalue weighted by Crippen LogP contribution is 2.17. The van der Waals surface area contributed by atoms with E-state index >= 15 is 0 Å². The monoisotopic (exact) mass is 311 g/mol. The number of rotatable bonds is 12. The van der Waals surface area contributed by atoms with Crippen molar-refractivity contribution in [2.24, 2.45) is 11.6 Å². The van der Waals surface area contributed by atoms with Gasteiger partial charge in [-0.15, -0.1) is 0 Å². The highest BCUT2D eigenvalue weighted by molar-refractivity contribution is 5.30. The summed E-state index contributed by atoms with van der Waals surface area (Å²) in [5, 5.41) is 0. The maximum absolute atomic E-state index is 5.82. The van der Waals surface area contributed by atoms with Gasteiger partial charge in [0.2, 0.25) is 0 Å². The van der Waals surface area contributed by atoms with Crippen molar-refractivity contribution in [1.29, 1.82) is 0 Å². The Labute approximate surface area is 134 Å². The molecule has 128 valence electrons. The van der Waals surface area contributed by atoms with Crippen molar-refractivity contribution in [3.05, 3.63) is 29.8 Å². The number of hydrogen-bond donors (Lipinski definition) is 3. The van der Waals surface area contributed by atoms with Gasteiger partial charge < -0.3 is 15.9 Å². The van der Waals surface area contributed by atoms with Crippen LogP contribution in [0.25, 0.3) is 0 Å². The van der Waals surface area contributed by atoms with Gasteiger partial charge in [0.1, 0.15) is 5.75 Å². The van der Waals surface area contributed by atoms with E-state index in [2.05, 4.69) is 12.3 Å². The summed E-state index contributed by atoms with van der Waals surface area (Å²) >= 11 is 0. The first-order chi connectivity index (χ1) is 10.3. The van der Waals surface area contributed by atoms with Gasteiger partial charge in [0.05, 0.1) is 12.8 Å². The van der Waals surface area contributed by atoms with E-state index in [9.17, 15) is 0 Å². The molecule has 0 saturated carbocycles. The molecule has 0 aromatic heterocycles. The standard InChI is InChI=1S/C17H31N3O.H2O/c1-2-3-4-5-6-7-8-9-13-21-16-12-10-11-15(14-16)17(18)20-19;/h10-12,14,17,20H,2-9,13,18-19H2,1H3;1H2. The second-order valence-corrected chi connectivity index (χ2v) is 5.54. The van der Waals surface area contributed by atoms with Crippen LogP contribution < -0.4 is 21.7 Å². The number of ether oxygens (including phenoxy) is 1. The predicted molar refractivity (Wildman–Crippen MR) is 92.4 cm³/mol. The molecule has 1 rings (SSSR count). The molecule has 0 spiro atoms. The van der Waals surface area contributed by atoms with Crippen LogP contribution in [0.15, 0.2) is 24.3 Å². The molecule has 22 heavy (non-hydrogen) atoms. The third kappa shape index (κ3) is 9.00. The summed E-state index contributed by atoms with van der Waals surface area (Å²) in [5.74, 6) is 6.20. The first-order valence-electron chi connectivity index (χ1n) is 8.22. The molecule has 0 heterocycles. The first kappa shape index (κ1) is 20.9. The van der Waals surface area contributed by atoms with Crippen LogP contribution in [-0.2, 0) is 0 Å². The van der Waals surface area contributed by atoms with E-state index in [4.69, 9.17) is 16.3 Å². The lowest BCUT2D eigenvalue weighted by molar-refractivity contribution is 0.303. The van der Waals surface area contributed by atoms with E-state index in [0.717, 1.165) is 24.3 Å². The largest absolute Gasteiger partial charge is 0.494 e.